The van der Waals surface area contributed by atoms with Crippen molar-refractivity contribution in [2.75, 3.05) is 13.1 Å². The highest BCUT2D eigenvalue weighted by Crippen LogP contribution is 2.30. The highest BCUT2D eigenvalue weighted by molar-refractivity contribution is 5.91. The van der Waals surface area contributed by atoms with Gasteiger partial charge in [0.2, 0.25) is 5.76 Å². The first kappa shape index (κ1) is 13.2. The van der Waals surface area contributed by atoms with E-state index >= 15 is 0 Å². The smallest absolute Gasteiger partial charge is 0.371 e. The number of aromatic carboxylic acids is 1. The lowest BCUT2D eigenvalue weighted by atomic mass is 10.1. The molecule has 3 rings (SSSR count). The van der Waals surface area contributed by atoms with Crippen molar-refractivity contribution in [1.29, 1.82) is 0 Å². The minimum Gasteiger partial charge on any atom is -0.475 e. The van der Waals surface area contributed by atoms with Crippen molar-refractivity contribution < 1.29 is 14.3 Å². The summed E-state index contributed by atoms with van der Waals surface area (Å²) in [5, 5.41) is 9.81. The van der Waals surface area contributed by atoms with Gasteiger partial charge in [0.1, 0.15) is 5.58 Å². The molecule has 106 valence electrons. The highest BCUT2D eigenvalue weighted by atomic mass is 16.4. The molecule has 0 aliphatic heterocycles. The maximum atomic E-state index is 10.9. The number of carbonyl (C=O) groups is 1. The van der Waals surface area contributed by atoms with Gasteiger partial charge in [0, 0.05) is 18.5 Å². The molecule has 0 amide bonds. The van der Waals surface area contributed by atoms with Gasteiger partial charge in [-0.05, 0) is 49.1 Å². The topological polar surface area (TPSA) is 53.7 Å². The Balaban J connectivity index is 1.78. The van der Waals surface area contributed by atoms with E-state index in [1.54, 1.807) is 6.07 Å². The van der Waals surface area contributed by atoms with Crippen LogP contribution in [0.25, 0.3) is 11.0 Å². The predicted molar refractivity (Wildman–Crippen MR) is 76.8 cm³/mol. The van der Waals surface area contributed by atoms with Gasteiger partial charge in [-0.2, -0.15) is 0 Å². The average Bonchev–Trinajstić information content (AvgIpc) is 3.13. The lowest BCUT2D eigenvalue weighted by molar-refractivity contribution is 0.0665. The summed E-state index contributed by atoms with van der Waals surface area (Å²) in [6.07, 6.45) is 2.72. The third-order valence-electron chi connectivity index (χ3n) is 3.86. The summed E-state index contributed by atoms with van der Waals surface area (Å²) in [5.41, 5.74) is 1.84. The van der Waals surface area contributed by atoms with Crippen LogP contribution in [-0.2, 0) is 6.54 Å². The number of hydrogen-bond donors (Lipinski definition) is 1. The molecule has 1 aliphatic carbocycles. The number of hydrogen-bond acceptors (Lipinski definition) is 3. The molecule has 0 saturated heterocycles. The van der Waals surface area contributed by atoms with Gasteiger partial charge < -0.3 is 9.52 Å². The molecule has 1 aromatic carbocycles. The molecule has 20 heavy (non-hydrogen) atoms. The summed E-state index contributed by atoms with van der Waals surface area (Å²) in [7, 11) is 0. The number of nitrogens with zero attached hydrogens (tertiary/aromatic N) is 1. The van der Waals surface area contributed by atoms with E-state index < -0.39 is 5.97 Å². The monoisotopic (exact) mass is 273 g/mol. The molecule has 2 aromatic rings. The quantitative estimate of drug-likeness (QED) is 0.876. The zero-order chi connectivity index (χ0) is 14.1. The van der Waals surface area contributed by atoms with Gasteiger partial charge in [-0.1, -0.05) is 13.0 Å². The van der Waals surface area contributed by atoms with Gasteiger partial charge in [-0.3, -0.25) is 4.90 Å². The Kier molecular flexibility index (Phi) is 3.49. The van der Waals surface area contributed by atoms with Crippen LogP contribution < -0.4 is 0 Å². The van der Waals surface area contributed by atoms with Gasteiger partial charge in [-0.25, -0.2) is 4.79 Å². The fourth-order valence-electron chi connectivity index (χ4n) is 2.53. The van der Waals surface area contributed by atoms with E-state index in [9.17, 15) is 4.79 Å². The van der Waals surface area contributed by atoms with Gasteiger partial charge in [0.05, 0.1) is 0 Å². The van der Waals surface area contributed by atoms with Crippen molar-refractivity contribution in [1.82, 2.24) is 4.90 Å². The van der Waals surface area contributed by atoms with Gasteiger partial charge in [-0.15, -0.1) is 0 Å². The Morgan fingerprint density at radius 3 is 2.85 bits per heavy atom. The molecule has 4 heteroatoms. The van der Waals surface area contributed by atoms with E-state index in [2.05, 4.69) is 11.8 Å². The van der Waals surface area contributed by atoms with E-state index in [-0.39, 0.29) is 5.76 Å². The van der Waals surface area contributed by atoms with Crippen LogP contribution in [0.4, 0.5) is 0 Å². The summed E-state index contributed by atoms with van der Waals surface area (Å²) in [5.74, 6) is -0.139. The van der Waals surface area contributed by atoms with Crippen LogP contribution in [0.2, 0.25) is 0 Å². The van der Waals surface area contributed by atoms with Crippen molar-refractivity contribution in [3.05, 3.63) is 35.6 Å². The third kappa shape index (κ3) is 2.85. The SMILES string of the molecule is CCN(Cc1ccc2oc(C(=O)O)cc2c1)CC1CC1. The molecule has 0 atom stereocenters. The van der Waals surface area contributed by atoms with Crippen molar-refractivity contribution >= 4 is 16.9 Å². The van der Waals surface area contributed by atoms with E-state index in [0.717, 1.165) is 24.4 Å². The van der Waals surface area contributed by atoms with Crippen LogP contribution >= 0.6 is 0 Å². The molecule has 4 nitrogen and oxygen atoms in total. The zero-order valence-corrected chi connectivity index (χ0v) is 11.6. The lowest BCUT2D eigenvalue weighted by Gasteiger charge is -2.20. The van der Waals surface area contributed by atoms with Crippen LogP contribution in [0, 0.1) is 5.92 Å². The van der Waals surface area contributed by atoms with Crippen molar-refractivity contribution in [2.45, 2.75) is 26.3 Å². The molecule has 0 spiro atoms. The van der Waals surface area contributed by atoms with Crippen LogP contribution in [0.3, 0.4) is 0 Å². The van der Waals surface area contributed by atoms with Crippen LogP contribution in [-0.4, -0.2) is 29.1 Å². The van der Waals surface area contributed by atoms with Crippen molar-refractivity contribution in [3.63, 3.8) is 0 Å². The number of benzene rings is 1. The second kappa shape index (κ2) is 5.29. The predicted octanol–water partition coefficient (Wildman–Crippen LogP) is 3.36. The number of carboxylic acid groups (broad SMARTS) is 1. The van der Waals surface area contributed by atoms with Crippen LogP contribution in [0.1, 0.15) is 35.9 Å². The Labute approximate surface area is 118 Å². The zero-order valence-electron chi connectivity index (χ0n) is 11.6. The number of carboxylic acids is 1. The minimum absolute atomic E-state index is 0.00229. The van der Waals surface area contributed by atoms with Crippen molar-refractivity contribution in [3.8, 4) is 0 Å². The summed E-state index contributed by atoms with van der Waals surface area (Å²) < 4.78 is 5.28. The second-order valence-electron chi connectivity index (χ2n) is 5.56. The number of furan rings is 1. The molecule has 0 bridgehead atoms. The second-order valence-corrected chi connectivity index (χ2v) is 5.56. The number of rotatable bonds is 6. The summed E-state index contributed by atoms with van der Waals surface area (Å²) in [6.45, 7) is 5.30. The summed E-state index contributed by atoms with van der Waals surface area (Å²) >= 11 is 0. The largest absolute Gasteiger partial charge is 0.475 e. The fourth-order valence-corrected chi connectivity index (χ4v) is 2.53. The normalized spacial score (nSPS) is 15.1. The number of fused-ring (bicyclic) bond motifs is 1. The molecule has 1 heterocycles. The first-order valence-electron chi connectivity index (χ1n) is 7.14. The maximum absolute atomic E-state index is 10.9. The van der Waals surface area contributed by atoms with Gasteiger partial charge in [0.25, 0.3) is 0 Å². The van der Waals surface area contributed by atoms with E-state index in [4.69, 9.17) is 9.52 Å². The Morgan fingerprint density at radius 2 is 2.20 bits per heavy atom. The first-order chi connectivity index (χ1) is 9.65. The van der Waals surface area contributed by atoms with E-state index in [0.29, 0.717) is 5.58 Å². The van der Waals surface area contributed by atoms with Crippen LogP contribution in [0.15, 0.2) is 28.7 Å². The molecule has 1 N–H and O–H groups in total. The maximum Gasteiger partial charge on any atom is 0.371 e. The highest BCUT2D eigenvalue weighted by Gasteiger charge is 2.23. The fraction of sp³-hybridized carbons (Fsp3) is 0.438. The standard InChI is InChI=1S/C16H19NO3/c1-2-17(9-11-3-4-11)10-12-5-6-14-13(7-12)8-15(20-14)16(18)19/h5-8,11H,2-4,9-10H2,1H3,(H,18,19). The Morgan fingerprint density at radius 1 is 1.40 bits per heavy atom. The molecular weight excluding hydrogens is 254 g/mol. The van der Waals surface area contributed by atoms with Gasteiger partial charge in [0.15, 0.2) is 0 Å². The molecule has 0 unspecified atom stereocenters. The minimum atomic E-state index is -1.02. The molecule has 1 saturated carbocycles. The molecule has 1 aliphatic rings. The summed E-state index contributed by atoms with van der Waals surface area (Å²) in [4.78, 5) is 13.3. The van der Waals surface area contributed by atoms with E-state index in [1.807, 2.05) is 18.2 Å². The third-order valence-corrected chi connectivity index (χ3v) is 3.86. The first-order valence-corrected chi connectivity index (χ1v) is 7.14. The molecule has 1 aromatic heterocycles. The average molecular weight is 273 g/mol. The molecular formula is C16H19NO3. The van der Waals surface area contributed by atoms with Crippen molar-refractivity contribution in [2.24, 2.45) is 5.92 Å². The van der Waals surface area contributed by atoms with E-state index in [1.165, 1.54) is 24.9 Å². The van der Waals surface area contributed by atoms with Gasteiger partial charge >= 0.3 is 5.97 Å². The summed E-state index contributed by atoms with van der Waals surface area (Å²) in [6, 6.07) is 7.51. The Bertz CT molecular complexity index is 628. The lowest BCUT2D eigenvalue weighted by Crippen LogP contribution is -2.25. The molecule has 0 radical (unpaired) electrons. The Hall–Kier alpha value is -1.81. The van der Waals surface area contributed by atoms with Crippen LogP contribution in [0.5, 0.6) is 0 Å². The molecule has 1 fully saturated rings.